The quantitative estimate of drug-likeness (QED) is 0.625. The molecule has 4 nitrogen and oxygen atoms in total. The van der Waals surface area contributed by atoms with E-state index in [1.54, 1.807) is 0 Å². The third-order valence-corrected chi connectivity index (χ3v) is 4.90. The molecule has 128 valence electrons. The lowest BCUT2D eigenvalue weighted by Gasteiger charge is -2.24. The smallest absolute Gasteiger partial charge is 0.229 e. The third-order valence-electron chi connectivity index (χ3n) is 4.65. The lowest BCUT2D eigenvalue weighted by Crippen LogP contribution is -2.23. The van der Waals surface area contributed by atoms with E-state index < -0.39 is 0 Å². The van der Waals surface area contributed by atoms with Crippen molar-refractivity contribution in [2.75, 3.05) is 10.6 Å². The van der Waals surface area contributed by atoms with Gasteiger partial charge in [-0.1, -0.05) is 43.0 Å². The topological polar surface area (TPSA) is 49.8 Å². The summed E-state index contributed by atoms with van der Waals surface area (Å²) in [5.41, 5.74) is 1.86. The van der Waals surface area contributed by atoms with Crippen LogP contribution in [0.1, 0.15) is 32.1 Å². The van der Waals surface area contributed by atoms with E-state index in [4.69, 9.17) is 16.6 Å². The molecule has 0 bridgehead atoms. The summed E-state index contributed by atoms with van der Waals surface area (Å²) in [6.07, 6.45) is 6.33. The highest BCUT2D eigenvalue weighted by Crippen LogP contribution is 2.27. The van der Waals surface area contributed by atoms with Crippen LogP contribution >= 0.6 is 11.6 Å². The largest absolute Gasteiger partial charge is 0.367 e. The molecule has 3 aromatic rings. The molecular weight excluding hydrogens is 332 g/mol. The Morgan fingerprint density at radius 1 is 0.880 bits per heavy atom. The Balaban J connectivity index is 1.66. The van der Waals surface area contributed by atoms with Crippen molar-refractivity contribution >= 4 is 40.0 Å². The maximum Gasteiger partial charge on any atom is 0.229 e. The lowest BCUT2D eigenvalue weighted by atomic mass is 9.95. The Morgan fingerprint density at radius 3 is 2.44 bits per heavy atom. The van der Waals surface area contributed by atoms with Gasteiger partial charge in [0.15, 0.2) is 0 Å². The molecule has 0 amide bonds. The first kappa shape index (κ1) is 16.2. The van der Waals surface area contributed by atoms with Gasteiger partial charge in [-0.15, -0.1) is 0 Å². The van der Waals surface area contributed by atoms with E-state index in [0.29, 0.717) is 17.0 Å². The molecule has 4 rings (SSSR count). The summed E-state index contributed by atoms with van der Waals surface area (Å²) in [4.78, 5) is 9.40. The molecule has 1 aliphatic rings. The maximum absolute atomic E-state index is 5.96. The molecule has 0 spiro atoms. The number of benzene rings is 2. The van der Waals surface area contributed by atoms with Crippen LogP contribution in [0.2, 0.25) is 5.02 Å². The predicted octanol–water partition coefficient (Wildman–Crippen LogP) is 5.77. The number of rotatable bonds is 4. The average molecular weight is 353 g/mol. The summed E-state index contributed by atoms with van der Waals surface area (Å²) in [6.45, 7) is 0. The number of nitrogens with zero attached hydrogens (tertiary/aromatic N) is 2. The number of fused-ring (bicyclic) bond motifs is 1. The van der Waals surface area contributed by atoms with E-state index in [1.807, 2.05) is 42.5 Å². The minimum absolute atomic E-state index is 0.496. The van der Waals surface area contributed by atoms with Crippen molar-refractivity contribution in [1.82, 2.24) is 9.97 Å². The first-order valence-electron chi connectivity index (χ1n) is 8.84. The van der Waals surface area contributed by atoms with Gasteiger partial charge in [-0.3, -0.25) is 0 Å². The fourth-order valence-corrected chi connectivity index (χ4v) is 3.47. The molecule has 2 aromatic carbocycles. The summed E-state index contributed by atoms with van der Waals surface area (Å²) < 4.78 is 0. The van der Waals surface area contributed by atoms with E-state index in [2.05, 4.69) is 21.7 Å². The molecule has 2 N–H and O–H groups in total. The highest BCUT2D eigenvalue weighted by atomic mass is 35.5. The monoisotopic (exact) mass is 352 g/mol. The second-order valence-corrected chi connectivity index (χ2v) is 6.96. The fourth-order valence-electron chi connectivity index (χ4n) is 3.35. The van der Waals surface area contributed by atoms with Crippen LogP contribution < -0.4 is 10.6 Å². The van der Waals surface area contributed by atoms with Gasteiger partial charge in [0.05, 0.1) is 5.52 Å². The van der Waals surface area contributed by atoms with Crippen LogP contribution in [-0.2, 0) is 0 Å². The lowest BCUT2D eigenvalue weighted by molar-refractivity contribution is 0.462. The van der Waals surface area contributed by atoms with Crippen molar-refractivity contribution < 1.29 is 0 Å². The SMILES string of the molecule is Clc1ccc(Nc2nc(NC3CCCCC3)c3ccccc3n2)cc1. The second kappa shape index (κ2) is 7.28. The molecule has 0 aliphatic heterocycles. The zero-order valence-electron chi connectivity index (χ0n) is 14.0. The van der Waals surface area contributed by atoms with Crippen LogP contribution in [0.15, 0.2) is 48.5 Å². The van der Waals surface area contributed by atoms with Crippen LogP contribution in [-0.4, -0.2) is 16.0 Å². The zero-order valence-corrected chi connectivity index (χ0v) is 14.8. The first-order chi connectivity index (χ1) is 12.3. The van der Waals surface area contributed by atoms with Gasteiger partial charge in [0, 0.05) is 22.1 Å². The molecule has 0 unspecified atom stereocenters. The average Bonchev–Trinajstić information content (AvgIpc) is 2.65. The standard InChI is InChI=1S/C20H21ClN4/c21-14-10-12-16(13-11-14)23-20-24-18-9-5-4-8-17(18)19(25-20)22-15-6-2-1-3-7-15/h4-5,8-13,15H,1-3,6-7H2,(H2,22,23,24,25). The number of halogens is 1. The summed E-state index contributed by atoms with van der Waals surface area (Å²) >= 11 is 5.96. The molecule has 1 saturated carbocycles. The molecule has 0 radical (unpaired) electrons. The van der Waals surface area contributed by atoms with Gasteiger partial charge in [0.1, 0.15) is 5.82 Å². The minimum atomic E-state index is 0.496. The summed E-state index contributed by atoms with van der Waals surface area (Å²) in [7, 11) is 0. The Bertz CT molecular complexity index is 857. The number of anilines is 3. The third kappa shape index (κ3) is 3.85. The Hall–Kier alpha value is -2.33. The number of para-hydroxylation sites is 1. The molecule has 1 heterocycles. The van der Waals surface area contributed by atoms with E-state index in [9.17, 15) is 0 Å². The predicted molar refractivity (Wildman–Crippen MR) is 105 cm³/mol. The van der Waals surface area contributed by atoms with Crippen LogP contribution in [0.4, 0.5) is 17.5 Å². The number of nitrogens with one attached hydrogen (secondary N) is 2. The first-order valence-corrected chi connectivity index (χ1v) is 9.22. The zero-order chi connectivity index (χ0) is 17.1. The van der Waals surface area contributed by atoms with Crippen molar-refractivity contribution in [3.63, 3.8) is 0 Å². The van der Waals surface area contributed by atoms with Gasteiger partial charge in [-0.05, 0) is 49.2 Å². The molecule has 0 atom stereocenters. The van der Waals surface area contributed by atoms with Crippen molar-refractivity contribution in [1.29, 1.82) is 0 Å². The number of hydrogen-bond acceptors (Lipinski definition) is 4. The maximum atomic E-state index is 5.96. The number of hydrogen-bond donors (Lipinski definition) is 2. The Morgan fingerprint density at radius 2 is 1.64 bits per heavy atom. The Kier molecular flexibility index (Phi) is 4.70. The fraction of sp³-hybridized carbons (Fsp3) is 0.300. The van der Waals surface area contributed by atoms with Crippen LogP contribution in [0.5, 0.6) is 0 Å². The van der Waals surface area contributed by atoms with Gasteiger partial charge in [-0.2, -0.15) is 4.98 Å². The molecule has 1 aliphatic carbocycles. The van der Waals surface area contributed by atoms with Crippen molar-refractivity contribution in [3.8, 4) is 0 Å². The van der Waals surface area contributed by atoms with Crippen LogP contribution in [0.3, 0.4) is 0 Å². The Labute approximate surface area is 152 Å². The second-order valence-electron chi connectivity index (χ2n) is 6.52. The summed E-state index contributed by atoms with van der Waals surface area (Å²) in [5, 5.41) is 8.70. The van der Waals surface area contributed by atoms with Crippen molar-refractivity contribution in [3.05, 3.63) is 53.6 Å². The molecular formula is C20H21ClN4. The summed E-state index contributed by atoms with van der Waals surface area (Å²) in [5.74, 6) is 1.51. The normalized spacial score (nSPS) is 15.2. The highest BCUT2D eigenvalue weighted by Gasteiger charge is 2.16. The summed E-state index contributed by atoms with van der Waals surface area (Å²) in [6, 6.07) is 16.2. The van der Waals surface area contributed by atoms with Gasteiger partial charge in [0.25, 0.3) is 0 Å². The van der Waals surface area contributed by atoms with E-state index in [0.717, 1.165) is 22.4 Å². The molecule has 0 saturated heterocycles. The van der Waals surface area contributed by atoms with Gasteiger partial charge in [0.2, 0.25) is 5.95 Å². The molecule has 1 aromatic heterocycles. The van der Waals surface area contributed by atoms with Gasteiger partial charge >= 0.3 is 0 Å². The van der Waals surface area contributed by atoms with Crippen molar-refractivity contribution in [2.24, 2.45) is 0 Å². The van der Waals surface area contributed by atoms with E-state index in [1.165, 1.54) is 32.1 Å². The molecule has 1 fully saturated rings. The van der Waals surface area contributed by atoms with Crippen LogP contribution in [0.25, 0.3) is 10.9 Å². The van der Waals surface area contributed by atoms with E-state index >= 15 is 0 Å². The molecule has 25 heavy (non-hydrogen) atoms. The van der Waals surface area contributed by atoms with Gasteiger partial charge < -0.3 is 10.6 Å². The number of aromatic nitrogens is 2. The van der Waals surface area contributed by atoms with E-state index in [-0.39, 0.29) is 0 Å². The molecule has 5 heteroatoms. The minimum Gasteiger partial charge on any atom is -0.367 e. The van der Waals surface area contributed by atoms with Gasteiger partial charge in [-0.25, -0.2) is 4.98 Å². The van der Waals surface area contributed by atoms with Crippen LogP contribution in [0, 0.1) is 0 Å². The van der Waals surface area contributed by atoms with Crippen molar-refractivity contribution in [2.45, 2.75) is 38.1 Å². The highest BCUT2D eigenvalue weighted by molar-refractivity contribution is 6.30.